The highest BCUT2D eigenvalue weighted by Crippen LogP contribution is 2.23. The van der Waals surface area contributed by atoms with E-state index in [0.29, 0.717) is 11.1 Å². The molecule has 0 unspecified atom stereocenters. The van der Waals surface area contributed by atoms with E-state index < -0.39 is 6.61 Å². The molecular weight excluding hydrogens is 231 g/mol. The standard InChI is InChI=1S/C12H8F3NO/c13-10-3-1-8(2-4-10)9-5-11(7-16-6-9)17-12(14)15/h1-7,12H. The highest BCUT2D eigenvalue weighted by Gasteiger charge is 2.06. The minimum atomic E-state index is -2.89. The summed E-state index contributed by atoms with van der Waals surface area (Å²) in [5.74, 6) is -0.386. The average Bonchev–Trinajstić information content (AvgIpc) is 2.29. The molecule has 0 fully saturated rings. The molecule has 0 saturated heterocycles. The molecule has 1 heterocycles. The lowest BCUT2D eigenvalue weighted by Gasteiger charge is -2.06. The molecule has 2 aromatic rings. The van der Waals surface area contributed by atoms with Gasteiger partial charge in [-0.1, -0.05) is 12.1 Å². The second kappa shape index (κ2) is 4.86. The summed E-state index contributed by atoms with van der Waals surface area (Å²) in [6.45, 7) is -2.89. The van der Waals surface area contributed by atoms with Crippen LogP contribution in [0.3, 0.4) is 0 Å². The van der Waals surface area contributed by atoms with Gasteiger partial charge in [0.15, 0.2) is 0 Å². The molecule has 0 spiro atoms. The zero-order valence-electron chi connectivity index (χ0n) is 8.61. The van der Waals surface area contributed by atoms with Crippen LogP contribution in [-0.2, 0) is 0 Å². The summed E-state index contributed by atoms with van der Waals surface area (Å²) in [4.78, 5) is 3.78. The first kappa shape index (κ1) is 11.4. The number of halogens is 3. The van der Waals surface area contributed by atoms with Gasteiger partial charge in [0.25, 0.3) is 0 Å². The van der Waals surface area contributed by atoms with E-state index in [1.165, 1.54) is 30.6 Å². The van der Waals surface area contributed by atoms with E-state index in [4.69, 9.17) is 0 Å². The summed E-state index contributed by atoms with van der Waals surface area (Å²) >= 11 is 0. The van der Waals surface area contributed by atoms with Gasteiger partial charge in [0.1, 0.15) is 11.6 Å². The molecule has 0 N–H and O–H groups in total. The second-order valence-corrected chi connectivity index (χ2v) is 3.29. The van der Waals surface area contributed by atoms with Gasteiger partial charge in [0.05, 0.1) is 6.20 Å². The van der Waals surface area contributed by atoms with Crippen LogP contribution in [0.1, 0.15) is 0 Å². The maximum Gasteiger partial charge on any atom is 0.387 e. The van der Waals surface area contributed by atoms with Gasteiger partial charge in [-0.3, -0.25) is 4.98 Å². The summed E-state index contributed by atoms with van der Waals surface area (Å²) in [6, 6.07) is 7.08. The molecule has 2 nitrogen and oxygen atoms in total. The Bertz CT molecular complexity index is 499. The monoisotopic (exact) mass is 239 g/mol. The molecule has 88 valence electrons. The maximum atomic E-state index is 12.7. The number of aromatic nitrogens is 1. The fourth-order valence-corrected chi connectivity index (χ4v) is 1.39. The van der Waals surface area contributed by atoms with Crippen LogP contribution in [0.25, 0.3) is 11.1 Å². The maximum absolute atomic E-state index is 12.7. The van der Waals surface area contributed by atoms with Crippen LogP contribution >= 0.6 is 0 Å². The van der Waals surface area contributed by atoms with Crippen molar-refractivity contribution in [3.05, 3.63) is 48.5 Å². The lowest BCUT2D eigenvalue weighted by atomic mass is 10.1. The van der Waals surface area contributed by atoms with Crippen LogP contribution < -0.4 is 4.74 Å². The minimum Gasteiger partial charge on any atom is -0.433 e. The third-order valence-corrected chi connectivity index (χ3v) is 2.12. The SMILES string of the molecule is Fc1ccc(-c2cncc(OC(F)F)c2)cc1. The fourth-order valence-electron chi connectivity index (χ4n) is 1.39. The normalized spacial score (nSPS) is 10.6. The van der Waals surface area contributed by atoms with E-state index in [1.807, 2.05) is 0 Å². The molecular formula is C12H8F3NO. The van der Waals surface area contributed by atoms with Crippen LogP contribution in [0, 0.1) is 5.82 Å². The van der Waals surface area contributed by atoms with Gasteiger partial charge in [-0.2, -0.15) is 8.78 Å². The Morgan fingerprint density at radius 2 is 1.71 bits per heavy atom. The number of rotatable bonds is 3. The van der Waals surface area contributed by atoms with Gasteiger partial charge in [-0.15, -0.1) is 0 Å². The molecule has 0 radical (unpaired) electrons. The van der Waals surface area contributed by atoms with Crippen LogP contribution in [-0.4, -0.2) is 11.6 Å². The summed E-state index contributed by atoms with van der Waals surface area (Å²) in [5, 5.41) is 0. The Hall–Kier alpha value is -2.04. The Morgan fingerprint density at radius 1 is 1.00 bits per heavy atom. The number of hydrogen-bond acceptors (Lipinski definition) is 2. The van der Waals surface area contributed by atoms with Crippen molar-refractivity contribution in [1.82, 2.24) is 4.98 Å². The third-order valence-electron chi connectivity index (χ3n) is 2.12. The molecule has 0 saturated carbocycles. The molecule has 1 aromatic heterocycles. The minimum absolute atomic E-state index is 0.0261. The lowest BCUT2D eigenvalue weighted by molar-refractivity contribution is -0.0500. The van der Waals surface area contributed by atoms with E-state index in [1.54, 1.807) is 12.1 Å². The number of nitrogens with zero attached hydrogens (tertiary/aromatic N) is 1. The summed E-state index contributed by atoms with van der Waals surface area (Å²) in [6.07, 6.45) is 2.69. The van der Waals surface area contributed by atoms with Crippen molar-refractivity contribution < 1.29 is 17.9 Å². The van der Waals surface area contributed by atoms with E-state index in [0.717, 1.165) is 0 Å². The Kier molecular flexibility index (Phi) is 3.27. The second-order valence-electron chi connectivity index (χ2n) is 3.29. The zero-order chi connectivity index (χ0) is 12.3. The summed E-state index contributed by atoms with van der Waals surface area (Å²) < 4.78 is 41.0. The third kappa shape index (κ3) is 2.96. The Labute approximate surface area is 95.7 Å². The van der Waals surface area contributed by atoms with Gasteiger partial charge in [0.2, 0.25) is 0 Å². The lowest BCUT2D eigenvalue weighted by Crippen LogP contribution is -2.02. The van der Waals surface area contributed by atoms with Gasteiger partial charge < -0.3 is 4.74 Å². The fraction of sp³-hybridized carbons (Fsp3) is 0.0833. The Balaban J connectivity index is 2.29. The molecule has 1 aromatic carbocycles. The van der Waals surface area contributed by atoms with Gasteiger partial charge in [0, 0.05) is 11.8 Å². The molecule has 0 aliphatic rings. The average molecular weight is 239 g/mol. The zero-order valence-corrected chi connectivity index (χ0v) is 8.61. The van der Waals surface area contributed by atoms with Crippen molar-refractivity contribution in [3.63, 3.8) is 0 Å². The molecule has 2 rings (SSSR count). The quantitative estimate of drug-likeness (QED) is 0.817. The molecule has 17 heavy (non-hydrogen) atoms. The smallest absolute Gasteiger partial charge is 0.387 e. The molecule has 0 aliphatic heterocycles. The van der Waals surface area contributed by atoms with Gasteiger partial charge >= 0.3 is 6.61 Å². The van der Waals surface area contributed by atoms with Crippen molar-refractivity contribution in [3.8, 4) is 16.9 Å². The van der Waals surface area contributed by atoms with Crippen molar-refractivity contribution in [2.24, 2.45) is 0 Å². The van der Waals surface area contributed by atoms with Crippen LogP contribution in [0.15, 0.2) is 42.7 Å². The topological polar surface area (TPSA) is 22.1 Å². The highest BCUT2D eigenvalue weighted by atomic mass is 19.3. The number of hydrogen-bond donors (Lipinski definition) is 0. The van der Waals surface area contributed by atoms with Crippen LogP contribution in [0.2, 0.25) is 0 Å². The molecule has 5 heteroatoms. The van der Waals surface area contributed by atoms with E-state index in [9.17, 15) is 13.2 Å². The van der Waals surface area contributed by atoms with Crippen molar-refractivity contribution in [1.29, 1.82) is 0 Å². The number of pyridine rings is 1. The molecule has 0 bridgehead atoms. The number of alkyl halides is 2. The van der Waals surface area contributed by atoms with Crippen molar-refractivity contribution in [2.75, 3.05) is 0 Å². The first-order valence-corrected chi connectivity index (χ1v) is 4.81. The summed E-state index contributed by atoms with van der Waals surface area (Å²) in [7, 11) is 0. The van der Waals surface area contributed by atoms with Crippen molar-refractivity contribution in [2.45, 2.75) is 6.61 Å². The molecule has 0 aliphatic carbocycles. The predicted molar refractivity (Wildman–Crippen MR) is 56.3 cm³/mol. The van der Waals surface area contributed by atoms with E-state index in [2.05, 4.69) is 9.72 Å². The first-order chi connectivity index (χ1) is 8.15. The predicted octanol–water partition coefficient (Wildman–Crippen LogP) is 3.49. The molecule has 0 amide bonds. The van der Waals surface area contributed by atoms with E-state index in [-0.39, 0.29) is 11.6 Å². The summed E-state index contributed by atoms with van der Waals surface area (Å²) in [5.41, 5.74) is 1.27. The van der Waals surface area contributed by atoms with Gasteiger partial charge in [-0.05, 0) is 23.8 Å². The number of benzene rings is 1. The molecule has 0 atom stereocenters. The van der Waals surface area contributed by atoms with Crippen molar-refractivity contribution >= 4 is 0 Å². The number of ether oxygens (including phenoxy) is 1. The van der Waals surface area contributed by atoms with E-state index >= 15 is 0 Å². The van der Waals surface area contributed by atoms with Gasteiger partial charge in [-0.25, -0.2) is 4.39 Å². The largest absolute Gasteiger partial charge is 0.433 e. The van der Waals surface area contributed by atoms with Crippen LogP contribution in [0.4, 0.5) is 13.2 Å². The highest BCUT2D eigenvalue weighted by molar-refractivity contribution is 5.63. The van der Waals surface area contributed by atoms with Crippen LogP contribution in [0.5, 0.6) is 5.75 Å². The Morgan fingerprint density at radius 3 is 2.35 bits per heavy atom. The first-order valence-electron chi connectivity index (χ1n) is 4.81.